The third-order valence-corrected chi connectivity index (χ3v) is 16.8. The number of aromatic nitrogens is 12. The van der Waals surface area contributed by atoms with E-state index in [1.54, 1.807) is 92.8 Å². The van der Waals surface area contributed by atoms with Gasteiger partial charge in [0, 0.05) is 135 Å². The number of pyridine rings is 8. The summed E-state index contributed by atoms with van der Waals surface area (Å²) in [5.41, 5.74) is 11.8. The van der Waals surface area contributed by atoms with Crippen molar-refractivity contribution in [1.82, 2.24) is 75.8 Å². The van der Waals surface area contributed by atoms with E-state index in [-0.39, 0.29) is 144 Å². The van der Waals surface area contributed by atoms with Crippen LogP contribution in [0.5, 0.6) is 23.0 Å². The number of carbonyl (C=O) groups excluding carboxylic acids is 3. The van der Waals surface area contributed by atoms with Crippen molar-refractivity contribution in [3.63, 3.8) is 0 Å². The molecule has 574 valence electrons. The number of carbonyl (C=O) groups is 3. The van der Waals surface area contributed by atoms with E-state index >= 15 is 0 Å². The number of H-pyrrole nitrogens is 2. The van der Waals surface area contributed by atoms with Crippen LogP contribution in [0, 0.1) is 5.92 Å². The Morgan fingerprint density at radius 2 is 0.882 bits per heavy atom. The van der Waals surface area contributed by atoms with Gasteiger partial charge in [0.25, 0.3) is 11.8 Å². The summed E-state index contributed by atoms with van der Waals surface area (Å²) in [6.07, 6.45) is 29.2. The van der Waals surface area contributed by atoms with Gasteiger partial charge < -0.3 is 94.9 Å². The normalized spacial score (nSPS) is 12.7. The molecule has 14 rings (SSSR count). The molecule has 2 atom stereocenters. The van der Waals surface area contributed by atoms with Crippen LogP contribution in [-0.2, 0) is 79.8 Å². The van der Waals surface area contributed by atoms with Gasteiger partial charge in [-0.3, -0.25) is 54.3 Å². The molecular formula is C82H85Cl4N15O7Os2. The summed E-state index contributed by atoms with van der Waals surface area (Å²) in [5, 5.41) is 20.0. The molecule has 6 N–H and O–H groups in total. The topological polar surface area (TPSA) is 296 Å². The van der Waals surface area contributed by atoms with Crippen molar-refractivity contribution >= 4 is 17.7 Å². The van der Waals surface area contributed by atoms with Crippen molar-refractivity contribution in [1.29, 1.82) is 0 Å². The number of aromatic amines is 2. The number of phenols is 1. The van der Waals surface area contributed by atoms with Crippen LogP contribution in [0.4, 0.5) is 0 Å². The maximum Gasteiger partial charge on any atom is 2.00 e. The molecule has 0 spiro atoms. The average Bonchev–Trinajstić information content (AvgIpc) is 0.834. The Labute approximate surface area is 692 Å². The number of hydrogen-bond donors (Lipinski definition) is 6. The second-order valence-corrected chi connectivity index (χ2v) is 24.7. The first-order chi connectivity index (χ1) is 50.9. The number of aromatic hydroxyl groups is 1. The molecule has 0 radical (unpaired) electrons. The van der Waals surface area contributed by atoms with E-state index in [0.29, 0.717) is 67.2 Å². The standard InChI is InChI=1S/C42H53N7O7.4C10H8N2.4ClH.2Os/c1-4-5-6-7-27-16-36(50)40-34-18-29(8-9-35(34)42(2,3)56-37(40)17-27)41(53)47-20-28-14-32(54-23-38(51)45-12-10-30-21-43-25-48-30)19-33(15-28)55-24-39(52)46-13-11-31-22-44-26-49-31;4*1-3-7-11-9(5-1)10-6-2-4-8-12-10;;;;;;/h8,14-17,19,21-22,25-26,34-35,50H,4-7,9-13,18,20,23-24H2,1-3H3,(H,43,48)(H,44,49)(H,45,51)(H,46,52)(H,47,53);4*1-8H;4*1H;;/q;;;;;;;;;2*+2/p-4. The largest absolute Gasteiger partial charge is 2.00 e. The number of nitrogens with zero attached hydrogens (tertiary/aromatic N) is 10. The van der Waals surface area contributed by atoms with Crippen molar-refractivity contribution in [3.8, 4) is 68.5 Å². The Kier molecular flexibility index (Phi) is 41.8. The molecule has 0 fully saturated rings. The molecule has 10 aromatic heterocycles. The smallest absolute Gasteiger partial charge is 1.00 e. The molecular weight excluding hydrogens is 1830 g/mol. The van der Waals surface area contributed by atoms with Crippen molar-refractivity contribution in [3.05, 3.63) is 290 Å². The van der Waals surface area contributed by atoms with Crippen LogP contribution in [0.3, 0.4) is 0 Å². The van der Waals surface area contributed by atoms with Crippen molar-refractivity contribution in [2.75, 3.05) is 26.3 Å². The van der Waals surface area contributed by atoms with E-state index in [0.717, 1.165) is 93.7 Å². The van der Waals surface area contributed by atoms with E-state index in [2.05, 4.69) is 103 Å². The monoisotopic (exact) mass is 1920 g/mol. The SMILES string of the molecule is CCCCCc1cc(O)c2c(c1)OC(C)(C)C1CC=C(C(=O)NCc3cc(OCC(=O)NCCc4cnc[nH]4)cc(OCC(=O)NCCc4cnc[nH]4)c3)CC21.[Cl-].[Cl-].[Cl-].[Cl-].[Os+2].[Os+2].c1ccc(-c2ccccn2)nc1.c1ccc(-c2ccccn2)nc1.c1ccc(-c2ccccn2)nc1.c1ccc(-c2ccccn2)nc1. The van der Waals surface area contributed by atoms with Crippen LogP contribution in [-0.4, -0.2) is 115 Å². The quantitative estimate of drug-likeness (QED) is 0.0495. The Morgan fingerprint density at radius 1 is 0.500 bits per heavy atom. The molecule has 110 heavy (non-hydrogen) atoms. The summed E-state index contributed by atoms with van der Waals surface area (Å²) in [6.45, 7) is 6.81. The predicted molar refractivity (Wildman–Crippen MR) is 399 cm³/mol. The molecule has 2 aliphatic rings. The summed E-state index contributed by atoms with van der Waals surface area (Å²) in [7, 11) is 0. The fourth-order valence-corrected chi connectivity index (χ4v) is 11.6. The van der Waals surface area contributed by atoms with Gasteiger partial charge in [0.2, 0.25) is 5.91 Å². The molecule has 2 unspecified atom stereocenters. The van der Waals surface area contributed by atoms with Crippen LogP contribution in [0.25, 0.3) is 45.6 Å². The summed E-state index contributed by atoms with van der Waals surface area (Å²) >= 11 is 0. The van der Waals surface area contributed by atoms with Crippen LogP contribution < -0.4 is 79.8 Å². The first-order valence-electron chi connectivity index (χ1n) is 34.6. The molecule has 0 bridgehead atoms. The number of hydrogen-bond acceptors (Lipinski definition) is 17. The van der Waals surface area contributed by atoms with Gasteiger partial charge in [-0.05, 0) is 172 Å². The minimum atomic E-state index is -0.477. The number of unbranched alkanes of at least 4 members (excludes halogenated alkanes) is 2. The van der Waals surface area contributed by atoms with Gasteiger partial charge in [-0.15, -0.1) is 0 Å². The summed E-state index contributed by atoms with van der Waals surface area (Å²) < 4.78 is 18.2. The summed E-state index contributed by atoms with van der Waals surface area (Å²) in [6, 6.07) is 55.4. The minimum Gasteiger partial charge on any atom is -1.00 e. The Morgan fingerprint density at radius 3 is 1.22 bits per heavy atom. The third kappa shape index (κ3) is 29.7. The third-order valence-electron chi connectivity index (χ3n) is 16.8. The van der Waals surface area contributed by atoms with Gasteiger partial charge in [-0.2, -0.15) is 0 Å². The van der Waals surface area contributed by atoms with Gasteiger partial charge in [-0.1, -0.05) is 74.4 Å². The molecule has 0 saturated heterocycles. The number of aryl methyl sites for hydroxylation is 1. The zero-order chi connectivity index (χ0) is 72.4. The maximum atomic E-state index is 13.7. The number of ether oxygens (including phenoxy) is 3. The van der Waals surface area contributed by atoms with Gasteiger partial charge >= 0.3 is 39.6 Å². The number of benzene rings is 2. The summed E-state index contributed by atoms with van der Waals surface area (Å²) in [5.74, 6) is 0.797. The van der Waals surface area contributed by atoms with Crippen molar-refractivity contribution in [2.24, 2.45) is 5.92 Å². The number of amides is 3. The molecule has 12 aromatic rings. The molecule has 1 aliphatic carbocycles. The second-order valence-electron chi connectivity index (χ2n) is 24.7. The number of fused-ring (bicyclic) bond motifs is 3. The van der Waals surface area contributed by atoms with Gasteiger partial charge in [-0.25, -0.2) is 9.97 Å². The zero-order valence-corrected chi connectivity index (χ0v) is 68.8. The minimum absolute atomic E-state index is 0. The van der Waals surface area contributed by atoms with E-state index in [9.17, 15) is 19.5 Å². The van der Waals surface area contributed by atoms with Crippen LogP contribution >= 0.6 is 0 Å². The molecule has 0 saturated carbocycles. The Bertz CT molecular complexity index is 4050. The summed E-state index contributed by atoms with van der Waals surface area (Å²) in [4.78, 5) is 86.3. The van der Waals surface area contributed by atoms with E-state index in [4.69, 9.17) is 14.2 Å². The van der Waals surface area contributed by atoms with Crippen molar-refractivity contribution in [2.45, 2.75) is 90.2 Å². The molecule has 2 aromatic carbocycles. The number of rotatable bonds is 23. The second kappa shape index (κ2) is 49.8. The zero-order valence-electron chi connectivity index (χ0n) is 60.7. The molecule has 1 aliphatic heterocycles. The molecule has 22 nitrogen and oxygen atoms in total. The van der Waals surface area contributed by atoms with Gasteiger partial charge in [0.15, 0.2) is 13.2 Å². The first kappa shape index (κ1) is 92.2. The van der Waals surface area contributed by atoms with Gasteiger partial charge in [0.1, 0.15) is 28.6 Å². The molecule has 3 amide bonds. The molecule has 28 heteroatoms. The predicted octanol–water partition coefficient (Wildman–Crippen LogP) is 1.54. The van der Waals surface area contributed by atoms with Crippen molar-refractivity contribution < 1.29 is 123 Å². The number of imidazole rings is 2. The van der Waals surface area contributed by atoms with E-state index in [1.165, 1.54) is 0 Å². The van der Waals surface area contributed by atoms with Crippen LogP contribution in [0.1, 0.15) is 86.9 Å². The van der Waals surface area contributed by atoms with E-state index in [1.807, 2.05) is 158 Å². The number of phenolic OH excluding ortho intramolecular Hbond substituents is 1. The van der Waals surface area contributed by atoms with Gasteiger partial charge in [0.05, 0.1) is 58.2 Å². The van der Waals surface area contributed by atoms with Crippen LogP contribution in [0.15, 0.2) is 262 Å². The average molecular weight is 1910 g/mol. The number of allylic oxidation sites excluding steroid dienone is 1. The number of halogens is 4. The maximum absolute atomic E-state index is 13.7. The van der Waals surface area contributed by atoms with E-state index < -0.39 is 5.60 Å². The fraction of sp³-hybridized carbons (Fsp3) is 0.232. The first-order valence-corrected chi connectivity index (χ1v) is 34.6. The molecule has 11 heterocycles. The fourth-order valence-electron chi connectivity index (χ4n) is 11.6. The van der Waals surface area contributed by atoms with Crippen LogP contribution in [0.2, 0.25) is 0 Å². The Hall–Kier alpha value is -10.2. The Balaban J connectivity index is 0.000000375. The number of nitrogens with one attached hydrogen (secondary N) is 5.